The summed E-state index contributed by atoms with van der Waals surface area (Å²) in [5.74, 6) is 0.145. The number of morpholine rings is 1. The molecular formula is C20H33N3O2. The van der Waals surface area contributed by atoms with Gasteiger partial charge in [0.05, 0.1) is 12.2 Å². The van der Waals surface area contributed by atoms with Gasteiger partial charge in [0.2, 0.25) is 5.91 Å². The fourth-order valence-electron chi connectivity index (χ4n) is 3.57. The highest BCUT2D eigenvalue weighted by atomic mass is 16.5. The van der Waals surface area contributed by atoms with Crippen molar-refractivity contribution in [2.75, 3.05) is 13.1 Å². The molecule has 0 unspecified atom stereocenters. The summed E-state index contributed by atoms with van der Waals surface area (Å²) in [7, 11) is 0. The Morgan fingerprint density at radius 2 is 1.76 bits per heavy atom. The minimum Gasteiger partial charge on any atom is -0.372 e. The number of allylic oxidation sites excluding steroid dienone is 4. The first-order valence-electron chi connectivity index (χ1n) is 9.37. The van der Waals surface area contributed by atoms with Crippen molar-refractivity contribution in [3.8, 4) is 0 Å². The van der Waals surface area contributed by atoms with E-state index in [-0.39, 0.29) is 30.1 Å². The molecule has 1 saturated carbocycles. The molecule has 3 N–H and O–H groups in total. The Hall–Kier alpha value is -1.59. The lowest BCUT2D eigenvalue weighted by Crippen LogP contribution is -2.44. The van der Waals surface area contributed by atoms with E-state index < -0.39 is 0 Å². The maximum absolute atomic E-state index is 12.4. The third-order valence-electron chi connectivity index (χ3n) is 5.05. The van der Waals surface area contributed by atoms with E-state index in [4.69, 9.17) is 10.5 Å². The second-order valence-corrected chi connectivity index (χ2v) is 7.40. The van der Waals surface area contributed by atoms with Crippen molar-refractivity contribution in [3.05, 3.63) is 36.2 Å². The second kappa shape index (κ2) is 9.20. The number of nitrogens with one attached hydrogen (secondary N) is 1. The highest BCUT2D eigenvalue weighted by Gasteiger charge is 2.25. The fourth-order valence-corrected chi connectivity index (χ4v) is 3.57. The molecule has 2 aliphatic rings. The zero-order valence-electron chi connectivity index (χ0n) is 15.8. The SMILES string of the molecule is C=C/C(=C\C=C(/C)N1C[C@@H](C)O[C@H](C)C1)NC(=O)C1CCC(N)CC1. The van der Waals surface area contributed by atoms with E-state index in [0.29, 0.717) is 0 Å². The molecule has 0 aromatic carbocycles. The van der Waals surface area contributed by atoms with Gasteiger partial charge in [-0.1, -0.05) is 6.58 Å². The van der Waals surface area contributed by atoms with Crippen LogP contribution in [0.2, 0.25) is 0 Å². The second-order valence-electron chi connectivity index (χ2n) is 7.40. The molecule has 1 heterocycles. The molecule has 140 valence electrons. The van der Waals surface area contributed by atoms with Crippen LogP contribution in [-0.4, -0.2) is 42.1 Å². The van der Waals surface area contributed by atoms with E-state index >= 15 is 0 Å². The third kappa shape index (κ3) is 6.01. The van der Waals surface area contributed by atoms with Gasteiger partial charge in [0, 0.05) is 36.4 Å². The first-order chi connectivity index (χ1) is 11.9. The zero-order valence-corrected chi connectivity index (χ0v) is 15.8. The maximum atomic E-state index is 12.4. The van der Waals surface area contributed by atoms with Gasteiger partial charge in [0.25, 0.3) is 0 Å². The van der Waals surface area contributed by atoms with Crippen LogP contribution in [0.4, 0.5) is 0 Å². The van der Waals surface area contributed by atoms with Gasteiger partial charge >= 0.3 is 0 Å². The lowest BCUT2D eigenvalue weighted by Gasteiger charge is -2.37. The molecule has 2 atom stereocenters. The Bertz CT molecular complexity index is 523. The summed E-state index contributed by atoms with van der Waals surface area (Å²) < 4.78 is 5.77. The van der Waals surface area contributed by atoms with Crippen molar-refractivity contribution in [1.82, 2.24) is 10.2 Å². The minimum atomic E-state index is 0.0640. The topological polar surface area (TPSA) is 67.6 Å². The van der Waals surface area contributed by atoms with E-state index in [2.05, 4.69) is 37.6 Å². The van der Waals surface area contributed by atoms with Gasteiger partial charge in [-0.15, -0.1) is 0 Å². The van der Waals surface area contributed by atoms with Crippen LogP contribution in [0, 0.1) is 5.92 Å². The van der Waals surface area contributed by atoms with Gasteiger partial charge in [0.15, 0.2) is 0 Å². The molecule has 1 aliphatic heterocycles. The number of carbonyl (C=O) groups is 1. The van der Waals surface area contributed by atoms with Crippen LogP contribution >= 0.6 is 0 Å². The summed E-state index contributed by atoms with van der Waals surface area (Å²) in [5.41, 5.74) is 7.83. The molecule has 5 heteroatoms. The van der Waals surface area contributed by atoms with Crippen molar-refractivity contribution in [2.45, 2.75) is 64.7 Å². The molecule has 25 heavy (non-hydrogen) atoms. The van der Waals surface area contributed by atoms with Crippen molar-refractivity contribution in [1.29, 1.82) is 0 Å². The predicted octanol–water partition coefficient (Wildman–Crippen LogP) is 2.70. The van der Waals surface area contributed by atoms with Crippen LogP contribution in [0.3, 0.4) is 0 Å². The highest BCUT2D eigenvalue weighted by Crippen LogP contribution is 2.23. The van der Waals surface area contributed by atoms with Crippen molar-refractivity contribution in [2.24, 2.45) is 11.7 Å². The van der Waals surface area contributed by atoms with Crippen molar-refractivity contribution < 1.29 is 9.53 Å². The normalized spacial score (nSPS) is 31.6. The molecule has 0 bridgehead atoms. The van der Waals surface area contributed by atoms with E-state index in [1.54, 1.807) is 6.08 Å². The van der Waals surface area contributed by atoms with Crippen LogP contribution < -0.4 is 11.1 Å². The highest BCUT2D eigenvalue weighted by molar-refractivity contribution is 5.81. The van der Waals surface area contributed by atoms with Crippen LogP contribution in [0.25, 0.3) is 0 Å². The molecule has 1 saturated heterocycles. The Balaban J connectivity index is 1.94. The molecule has 1 aliphatic carbocycles. The number of nitrogens with zero attached hydrogens (tertiary/aromatic N) is 1. The standard InChI is InChI=1S/C20H33N3O2/c1-5-19(22-20(24)17-7-9-18(21)10-8-17)11-6-14(2)23-12-15(3)25-16(4)13-23/h5-6,11,15-18H,1,7-10,12-13,21H2,2-4H3,(H,22,24)/b14-6+,19-11+/t15-,16-,17?,18?/m1/s1. The predicted molar refractivity (Wildman–Crippen MR) is 102 cm³/mol. The molecule has 0 aromatic heterocycles. The summed E-state index contributed by atoms with van der Waals surface area (Å²) in [4.78, 5) is 14.7. The Kier molecular flexibility index (Phi) is 7.26. The summed E-state index contributed by atoms with van der Waals surface area (Å²) >= 11 is 0. The molecule has 0 aromatic rings. The zero-order chi connectivity index (χ0) is 18.4. The quantitative estimate of drug-likeness (QED) is 0.751. The molecule has 0 spiro atoms. The molecule has 2 rings (SSSR count). The average molecular weight is 348 g/mol. The van der Waals surface area contributed by atoms with Gasteiger partial charge < -0.3 is 20.7 Å². The minimum absolute atomic E-state index is 0.0640. The number of ether oxygens (including phenoxy) is 1. The number of rotatable bonds is 5. The Labute approximate surface area is 152 Å². The fraction of sp³-hybridized carbons (Fsp3) is 0.650. The van der Waals surface area contributed by atoms with Gasteiger partial charge in [0.1, 0.15) is 0 Å². The largest absolute Gasteiger partial charge is 0.372 e. The molecular weight excluding hydrogens is 314 g/mol. The van der Waals surface area contributed by atoms with E-state index in [0.717, 1.165) is 44.5 Å². The molecule has 1 amide bonds. The van der Waals surface area contributed by atoms with Crippen molar-refractivity contribution in [3.63, 3.8) is 0 Å². The van der Waals surface area contributed by atoms with Gasteiger partial charge in [-0.05, 0) is 64.7 Å². The number of amides is 1. The number of nitrogens with two attached hydrogens (primary N) is 1. The third-order valence-corrected chi connectivity index (χ3v) is 5.05. The van der Waals surface area contributed by atoms with E-state index in [1.807, 2.05) is 12.2 Å². The van der Waals surface area contributed by atoms with Gasteiger partial charge in [-0.25, -0.2) is 0 Å². The van der Waals surface area contributed by atoms with Gasteiger partial charge in [-0.2, -0.15) is 0 Å². The number of carbonyl (C=O) groups excluding carboxylic acids is 1. The maximum Gasteiger partial charge on any atom is 0.227 e. The lowest BCUT2D eigenvalue weighted by molar-refractivity contribution is -0.125. The van der Waals surface area contributed by atoms with E-state index in [1.165, 1.54) is 5.70 Å². The summed E-state index contributed by atoms with van der Waals surface area (Å²) in [6.07, 6.45) is 9.72. The molecule has 5 nitrogen and oxygen atoms in total. The summed E-state index contributed by atoms with van der Waals surface area (Å²) in [6.45, 7) is 11.9. The van der Waals surface area contributed by atoms with Crippen LogP contribution in [0.15, 0.2) is 36.2 Å². The van der Waals surface area contributed by atoms with Crippen LogP contribution in [-0.2, 0) is 9.53 Å². The van der Waals surface area contributed by atoms with Crippen molar-refractivity contribution >= 4 is 5.91 Å². The first-order valence-corrected chi connectivity index (χ1v) is 9.37. The lowest BCUT2D eigenvalue weighted by atomic mass is 9.86. The average Bonchev–Trinajstić information content (AvgIpc) is 2.57. The first kappa shape index (κ1) is 19.7. The summed E-state index contributed by atoms with van der Waals surface area (Å²) in [5, 5.41) is 3.00. The summed E-state index contributed by atoms with van der Waals surface area (Å²) in [6, 6.07) is 0.252. The van der Waals surface area contributed by atoms with Crippen LogP contribution in [0.1, 0.15) is 46.5 Å². The monoisotopic (exact) mass is 347 g/mol. The van der Waals surface area contributed by atoms with Crippen LogP contribution in [0.5, 0.6) is 0 Å². The number of hydrogen-bond acceptors (Lipinski definition) is 4. The Morgan fingerprint density at radius 3 is 2.32 bits per heavy atom. The van der Waals surface area contributed by atoms with E-state index in [9.17, 15) is 4.79 Å². The Morgan fingerprint density at radius 1 is 1.16 bits per heavy atom. The molecule has 2 fully saturated rings. The molecule has 0 radical (unpaired) electrons. The number of hydrogen-bond donors (Lipinski definition) is 2. The van der Waals surface area contributed by atoms with Gasteiger partial charge in [-0.3, -0.25) is 4.79 Å². The smallest absolute Gasteiger partial charge is 0.227 e.